The zero-order valence-electron chi connectivity index (χ0n) is 40.4. The van der Waals surface area contributed by atoms with Crippen molar-refractivity contribution in [3.63, 3.8) is 0 Å². The fourth-order valence-electron chi connectivity index (χ4n) is 10.3. The summed E-state index contributed by atoms with van der Waals surface area (Å²) in [7, 11) is 0. The summed E-state index contributed by atoms with van der Waals surface area (Å²) in [6.45, 7) is 0.332. The third-order valence-corrected chi connectivity index (χ3v) is 14.0. The Kier molecular flexibility index (Phi) is 15.5. The van der Waals surface area contributed by atoms with Gasteiger partial charge in [0.05, 0.1) is 12.7 Å². The third-order valence-electron chi connectivity index (χ3n) is 14.0. The number of aromatic amines is 2. The molecule has 0 spiro atoms. The summed E-state index contributed by atoms with van der Waals surface area (Å²) in [5, 5.41) is 13.5. The standard InChI is InChI=1S/C54H62N12O7/c55-36-25-47-53(72)66-30-37(73-31-33-14-5-2-6-15-33)26-46(66)51(70)64-45(24-35-28-60-41-19-10-8-17-39(35)41)50(69)62-43(22-32-12-3-1-4-13-32)48(67)63-44(23-34-27-59-40-18-9-7-16-38(34)40)49(68)61-42(52(71)65(47)29-36)20-11-21-58-54(56)57/h1-10,12-19,27-28,36-37,42-47,59-60H,11,20-26,29-31,55H2,(H,61,68)(H,62,69)(H,63,67)(H,64,70)(H4,56,57,58)/t36-,37+,42-,43+,44-,45-,46+,47+/m0/s1. The minimum absolute atomic E-state index is 0.00432. The van der Waals surface area contributed by atoms with Crippen LogP contribution < -0.4 is 38.5 Å². The van der Waals surface area contributed by atoms with Crippen LogP contribution in [0.15, 0.2) is 127 Å². The molecule has 3 aliphatic heterocycles. The maximum absolute atomic E-state index is 15.2. The minimum atomic E-state index is -1.29. The molecular weight excluding hydrogens is 929 g/mol. The molecule has 2 aromatic heterocycles. The summed E-state index contributed by atoms with van der Waals surface area (Å²) in [5.41, 5.74) is 22.5. The van der Waals surface area contributed by atoms with Crippen LogP contribution in [0.1, 0.15) is 47.9 Å². The van der Waals surface area contributed by atoms with Crippen LogP contribution in [-0.4, -0.2) is 129 Å². The Morgan fingerprint density at radius 3 is 1.66 bits per heavy atom. The minimum Gasteiger partial charge on any atom is -0.372 e. The second-order valence-electron chi connectivity index (χ2n) is 19.2. The molecule has 380 valence electrons. The van der Waals surface area contributed by atoms with Crippen LogP contribution >= 0.6 is 0 Å². The Labute approximate surface area is 422 Å². The van der Waals surface area contributed by atoms with Gasteiger partial charge in [0.15, 0.2) is 5.96 Å². The molecule has 4 aromatic carbocycles. The van der Waals surface area contributed by atoms with Crippen molar-refractivity contribution in [1.82, 2.24) is 41.0 Å². The summed E-state index contributed by atoms with van der Waals surface area (Å²) in [6, 6.07) is 25.8. The maximum Gasteiger partial charge on any atom is 0.246 e. The largest absolute Gasteiger partial charge is 0.372 e. The van der Waals surface area contributed by atoms with E-state index in [9.17, 15) is 9.59 Å². The Balaban J connectivity index is 1.12. The SMILES string of the molecule is NC(N)=NCCC[C@@H]1NC(=O)[C@H](Cc2c[nH]c3ccccc23)NC(=O)[C@@H](Cc2ccccc2)NC(=O)[C@H](Cc2c[nH]c3ccccc23)NC(=O)[C@H]2C[C@@H](OCc3ccccc3)CN2C(=O)[C@H]2C[C@H](N)CN2C1=O. The number of nitrogens with one attached hydrogen (secondary N) is 6. The van der Waals surface area contributed by atoms with Gasteiger partial charge in [-0.15, -0.1) is 0 Å². The number of fused-ring (bicyclic) bond motifs is 4. The van der Waals surface area contributed by atoms with Crippen molar-refractivity contribution in [2.24, 2.45) is 22.2 Å². The molecule has 19 heteroatoms. The average molecular weight is 991 g/mol. The fourth-order valence-corrected chi connectivity index (χ4v) is 10.3. The smallest absolute Gasteiger partial charge is 0.246 e. The van der Waals surface area contributed by atoms with E-state index in [1.54, 1.807) is 12.4 Å². The lowest BCUT2D eigenvalue weighted by atomic mass is 10.00. The number of H-pyrrole nitrogens is 2. The first-order valence-corrected chi connectivity index (χ1v) is 24.8. The summed E-state index contributed by atoms with van der Waals surface area (Å²) in [5.74, 6) is -3.89. The van der Waals surface area contributed by atoms with E-state index >= 15 is 19.2 Å². The molecule has 0 saturated carbocycles. The molecule has 5 heterocycles. The van der Waals surface area contributed by atoms with Crippen molar-refractivity contribution >= 4 is 63.2 Å². The van der Waals surface area contributed by atoms with Crippen LogP contribution in [0.3, 0.4) is 0 Å². The highest BCUT2D eigenvalue weighted by Gasteiger charge is 2.48. The number of nitrogens with two attached hydrogens (primary N) is 3. The monoisotopic (exact) mass is 990 g/mol. The van der Waals surface area contributed by atoms with Gasteiger partial charge >= 0.3 is 0 Å². The highest BCUT2D eigenvalue weighted by atomic mass is 16.5. The van der Waals surface area contributed by atoms with Crippen LogP contribution in [0.25, 0.3) is 21.8 Å². The number of para-hydroxylation sites is 2. The number of ether oxygens (including phenoxy) is 1. The van der Waals surface area contributed by atoms with E-state index < -0.39 is 83.8 Å². The van der Waals surface area contributed by atoms with Gasteiger partial charge in [-0.05, 0) is 53.6 Å². The van der Waals surface area contributed by atoms with Gasteiger partial charge in [0.1, 0.15) is 36.3 Å². The van der Waals surface area contributed by atoms with E-state index in [4.69, 9.17) is 21.9 Å². The third kappa shape index (κ3) is 11.9. The molecule has 3 saturated heterocycles. The van der Waals surface area contributed by atoms with Crippen LogP contribution in [0.2, 0.25) is 0 Å². The molecule has 6 aromatic rings. The van der Waals surface area contributed by atoms with Crippen molar-refractivity contribution in [3.8, 4) is 0 Å². The molecule has 0 aliphatic carbocycles. The highest BCUT2D eigenvalue weighted by molar-refractivity contribution is 5.99. The predicted molar refractivity (Wildman–Crippen MR) is 275 cm³/mol. The summed E-state index contributed by atoms with van der Waals surface area (Å²) in [4.78, 5) is 104. The van der Waals surface area contributed by atoms with Gasteiger partial charge in [0.2, 0.25) is 35.4 Å². The van der Waals surface area contributed by atoms with Crippen LogP contribution in [0.4, 0.5) is 0 Å². The molecule has 12 N–H and O–H groups in total. The molecule has 0 unspecified atom stereocenters. The molecule has 73 heavy (non-hydrogen) atoms. The van der Waals surface area contributed by atoms with E-state index in [2.05, 4.69) is 36.2 Å². The summed E-state index contributed by atoms with van der Waals surface area (Å²) < 4.78 is 6.38. The van der Waals surface area contributed by atoms with Crippen LogP contribution in [-0.2, 0) is 59.4 Å². The predicted octanol–water partition coefficient (Wildman–Crippen LogP) is 1.80. The number of guanidine groups is 1. The van der Waals surface area contributed by atoms with Gasteiger partial charge in [-0.3, -0.25) is 33.8 Å². The number of benzene rings is 4. The quantitative estimate of drug-likeness (QED) is 0.0460. The number of nitrogens with zero attached hydrogens (tertiary/aromatic N) is 3. The zero-order chi connectivity index (χ0) is 51.0. The maximum atomic E-state index is 15.2. The number of rotatable bonds is 13. The molecule has 0 bridgehead atoms. The Bertz CT molecular complexity index is 2970. The van der Waals surface area contributed by atoms with Crippen LogP contribution in [0, 0.1) is 0 Å². The lowest BCUT2D eigenvalue weighted by Gasteiger charge is -2.34. The number of aromatic nitrogens is 2. The van der Waals surface area contributed by atoms with Gasteiger partial charge in [0.25, 0.3) is 0 Å². The van der Waals surface area contributed by atoms with E-state index in [-0.39, 0.29) is 77.1 Å². The molecule has 6 amide bonds. The lowest BCUT2D eigenvalue weighted by molar-refractivity contribution is -0.148. The van der Waals surface area contributed by atoms with E-state index in [0.717, 1.165) is 32.9 Å². The molecule has 3 aliphatic rings. The first-order valence-electron chi connectivity index (χ1n) is 24.8. The number of carbonyl (C=O) groups excluding carboxylic acids is 6. The summed E-state index contributed by atoms with van der Waals surface area (Å²) in [6.07, 6.45) is 3.41. The first-order chi connectivity index (χ1) is 35.4. The molecule has 3 fully saturated rings. The second-order valence-corrected chi connectivity index (χ2v) is 19.2. The lowest BCUT2D eigenvalue weighted by Crippen LogP contribution is -2.61. The molecule has 0 radical (unpaired) electrons. The van der Waals surface area contributed by atoms with Crippen molar-refractivity contribution in [1.29, 1.82) is 0 Å². The molecule has 19 nitrogen and oxygen atoms in total. The van der Waals surface area contributed by atoms with Crippen LogP contribution in [0.5, 0.6) is 0 Å². The summed E-state index contributed by atoms with van der Waals surface area (Å²) >= 11 is 0. The van der Waals surface area contributed by atoms with Crippen molar-refractivity contribution in [2.45, 2.75) is 99.9 Å². The number of hydrogen-bond donors (Lipinski definition) is 9. The average Bonchev–Trinajstić information content (AvgIpc) is 4.21. The molecular formula is C54H62N12O7. The number of carbonyl (C=O) groups is 6. The van der Waals surface area contributed by atoms with E-state index in [1.807, 2.05) is 109 Å². The van der Waals surface area contributed by atoms with Crippen molar-refractivity contribution in [2.75, 3.05) is 19.6 Å². The molecule has 8 atom stereocenters. The fraction of sp³-hybridized carbons (Fsp3) is 0.352. The van der Waals surface area contributed by atoms with Gasteiger partial charge in [-0.25, -0.2) is 0 Å². The molecule has 9 rings (SSSR count). The van der Waals surface area contributed by atoms with Gasteiger partial charge in [0, 0.05) is 85.6 Å². The number of amides is 6. The topological polar surface area (TPSA) is 288 Å². The number of hydrogen-bond acceptors (Lipinski definition) is 9. The Morgan fingerprint density at radius 1 is 0.562 bits per heavy atom. The number of aliphatic imine (C=N–C) groups is 1. The second kappa shape index (κ2) is 22.6. The zero-order valence-corrected chi connectivity index (χ0v) is 40.4. The van der Waals surface area contributed by atoms with Gasteiger partial charge < -0.3 is 63.0 Å². The Hall–Kier alpha value is -8.03. The van der Waals surface area contributed by atoms with E-state index in [1.165, 1.54) is 9.80 Å². The normalized spacial score (nSPS) is 24.3. The highest BCUT2D eigenvalue weighted by Crippen LogP contribution is 2.29. The van der Waals surface area contributed by atoms with Crippen molar-refractivity contribution in [3.05, 3.63) is 144 Å². The first kappa shape index (κ1) is 49.9. The van der Waals surface area contributed by atoms with Gasteiger partial charge in [-0.1, -0.05) is 97.1 Å². The van der Waals surface area contributed by atoms with E-state index in [0.29, 0.717) is 11.1 Å². The van der Waals surface area contributed by atoms with Gasteiger partial charge in [-0.2, -0.15) is 0 Å². The Morgan fingerprint density at radius 2 is 1.07 bits per heavy atom. The van der Waals surface area contributed by atoms with Crippen molar-refractivity contribution < 1.29 is 33.5 Å².